The smallest absolute Gasteiger partial charge is 0.353 e. The normalized spacial score (nSPS) is 24.1. The highest BCUT2D eigenvalue weighted by atomic mass is 19.4. The zero-order valence-electron chi connectivity index (χ0n) is 20.7. The molecule has 0 radical (unpaired) electrons. The van der Waals surface area contributed by atoms with Crippen molar-refractivity contribution in [3.63, 3.8) is 0 Å². The number of halogens is 6. The van der Waals surface area contributed by atoms with Crippen LogP contribution in [-0.4, -0.2) is 73.6 Å². The van der Waals surface area contributed by atoms with Gasteiger partial charge in [-0.3, -0.25) is 9.80 Å². The highest BCUT2D eigenvalue weighted by Gasteiger charge is 2.50. The van der Waals surface area contributed by atoms with Gasteiger partial charge in [0.15, 0.2) is 12.2 Å². The Labute approximate surface area is 214 Å². The molecule has 4 atom stereocenters. The van der Waals surface area contributed by atoms with Gasteiger partial charge in [-0.2, -0.15) is 26.3 Å². The lowest BCUT2D eigenvalue weighted by Crippen LogP contribution is -2.52. The van der Waals surface area contributed by atoms with Gasteiger partial charge >= 0.3 is 12.4 Å². The first-order valence-corrected chi connectivity index (χ1v) is 12.9. The Morgan fingerprint density at radius 1 is 0.649 bits per heavy atom. The highest BCUT2D eigenvalue weighted by Crippen LogP contribution is 2.34. The van der Waals surface area contributed by atoms with Gasteiger partial charge in [0.2, 0.25) is 0 Å². The molecule has 3 nitrogen and oxygen atoms in total. The summed E-state index contributed by atoms with van der Waals surface area (Å²) in [5.41, 5.74) is 2.06. The topological polar surface area (TPSA) is 15.7 Å². The van der Waals surface area contributed by atoms with Gasteiger partial charge in [-0.25, -0.2) is 0 Å². The molecule has 2 saturated heterocycles. The molecule has 0 bridgehead atoms. The molecule has 37 heavy (non-hydrogen) atoms. The second-order valence-electron chi connectivity index (χ2n) is 10.2. The van der Waals surface area contributed by atoms with E-state index in [1.807, 2.05) is 60.7 Å². The third-order valence-electron chi connectivity index (χ3n) is 7.46. The molecular weight excluding hydrogens is 494 g/mol. The Hall–Kier alpha value is -2.10. The van der Waals surface area contributed by atoms with E-state index < -0.39 is 37.7 Å². The van der Waals surface area contributed by atoms with Crippen molar-refractivity contribution in [1.29, 1.82) is 0 Å². The first-order chi connectivity index (χ1) is 17.6. The summed E-state index contributed by atoms with van der Waals surface area (Å²) in [6.07, 6.45) is -11.8. The van der Waals surface area contributed by atoms with Crippen LogP contribution in [0, 0.1) is 0 Å². The summed E-state index contributed by atoms with van der Waals surface area (Å²) in [6, 6.07) is 19.0. The first kappa shape index (κ1) is 27.9. The maximum atomic E-state index is 14.0. The molecule has 2 aliphatic heterocycles. The maximum Gasteiger partial charge on any atom is 0.415 e. The fourth-order valence-corrected chi connectivity index (χ4v) is 5.55. The molecule has 2 fully saturated rings. The Morgan fingerprint density at radius 2 is 1.03 bits per heavy atom. The van der Waals surface area contributed by atoms with Gasteiger partial charge < -0.3 is 4.74 Å². The van der Waals surface area contributed by atoms with Gasteiger partial charge in [-0.15, -0.1) is 0 Å². The van der Waals surface area contributed by atoms with Crippen LogP contribution in [-0.2, 0) is 4.74 Å². The number of benzene rings is 2. The molecule has 2 heterocycles. The minimum atomic E-state index is -4.91. The van der Waals surface area contributed by atoms with Gasteiger partial charge in [-0.05, 0) is 61.7 Å². The number of hydrogen-bond donors (Lipinski definition) is 0. The van der Waals surface area contributed by atoms with Gasteiger partial charge in [0.1, 0.15) is 0 Å². The van der Waals surface area contributed by atoms with E-state index in [2.05, 4.69) is 0 Å². The SMILES string of the molecule is FC(F)(F)[C@H](CN1CCC[C@H](c2ccccc2)C1)O[C@@H](CN1CCC[C@H](c2ccccc2)C1)C(F)(F)F. The van der Waals surface area contributed by atoms with Crippen molar-refractivity contribution in [2.75, 3.05) is 39.3 Å². The van der Waals surface area contributed by atoms with E-state index >= 15 is 0 Å². The lowest BCUT2D eigenvalue weighted by atomic mass is 9.90. The molecule has 0 aromatic heterocycles. The lowest BCUT2D eigenvalue weighted by Gasteiger charge is -2.39. The van der Waals surface area contributed by atoms with Crippen LogP contribution in [0.1, 0.15) is 48.6 Å². The Balaban J connectivity index is 1.42. The summed E-state index contributed by atoms with van der Waals surface area (Å²) in [4.78, 5) is 3.19. The quantitative estimate of drug-likeness (QED) is 0.358. The van der Waals surface area contributed by atoms with E-state index in [-0.39, 0.29) is 11.8 Å². The summed E-state index contributed by atoms with van der Waals surface area (Å²) < 4.78 is 88.8. The summed E-state index contributed by atoms with van der Waals surface area (Å²) in [7, 11) is 0. The fraction of sp³-hybridized carbons (Fsp3) is 0.571. The number of alkyl halides is 6. The van der Waals surface area contributed by atoms with Gasteiger partial charge in [0.25, 0.3) is 0 Å². The van der Waals surface area contributed by atoms with Crippen LogP contribution in [0.25, 0.3) is 0 Å². The zero-order chi connectivity index (χ0) is 26.5. The average molecular weight is 529 g/mol. The molecule has 4 rings (SSSR count). The summed E-state index contributed by atoms with van der Waals surface area (Å²) >= 11 is 0. The fourth-order valence-electron chi connectivity index (χ4n) is 5.55. The van der Waals surface area contributed by atoms with E-state index in [9.17, 15) is 26.3 Å². The van der Waals surface area contributed by atoms with Crippen molar-refractivity contribution in [3.05, 3.63) is 71.8 Å². The van der Waals surface area contributed by atoms with Crippen LogP contribution in [0.5, 0.6) is 0 Å². The molecule has 0 aliphatic carbocycles. The van der Waals surface area contributed by atoms with E-state index in [1.165, 1.54) is 0 Å². The van der Waals surface area contributed by atoms with Crippen molar-refractivity contribution in [2.24, 2.45) is 0 Å². The first-order valence-electron chi connectivity index (χ1n) is 12.9. The highest BCUT2D eigenvalue weighted by molar-refractivity contribution is 5.21. The number of likely N-dealkylation sites (tertiary alicyclic amines) is 2. The molecule has 0 unspecified atom stereocenters. The van der Waals surface area contributed by atoms with Crippen LogP contribution in [0.15, 0.2) is 60.7 Å². The monoisotopic (exact) mass is 528 g/mol. The second kappa shape index (κ2) is 12.2. The van der Waals surface area contributed by atoms with Crippen molar-refractivity contribution < 1.29 is 31.1 Å². The molecule has 2 aromatic carbocycles. The molecule has 0 N–H and O–H groups in total. The minimum absolute atomic E-state index is 0.0468. The summed E-state index contributed by atoms with van der Waals surface area (Å²) in [5.74, 6) is 0.0935. The Morgan fingerprint density at radius 3 is 1.38 bits per heavy atom. The Kier molecular flexibility index (Phi) is 9.19. The third kappa shape index (κ3) is 7.94. The van der Waals surface area contributed by atoms with Crippen molar-refractivity contribution >= 4 is 0 Å². The van der Waals surface area contributed by atoms with E-state index in [0.717, 1.165) is 24.0 Å². The van der Waals surface area contributed by atoms with Crippen LogP contribution < -0.4 is 0 Å². The number of ether oxygens (including phenoxy) is 1. The zero-order valence-corrected chi connectivity index (χ0v) is 20.7. The van der Waals surface area contributed by atoms with Crippen molar-refractivity contribution in [3.8, 4) is 0 Å². The van der Waals surface area contributed by atoms with Crippen LogP contribution in [0.4, 0.5) is 26.3 Å². The molecular formula is C28H34F6N2O. The molecule has 9 heteroatoms. The number of nitrogens with zero attached hydrogens (tertiary/aromatic N) is 2. The summed E-state index contributed by atoms with van der Waals surface area (Å²) in [5, 5.41) is 0. The van der Waals surface area contributed by atoms with Crippen LogP contribution in [0.2, 0.25) is 0 Å². The third-order valence-corrected chi connectivity index (χ3v) is 7.46. The molecule has 0 amide bonds. The summed E-state index contributed by atoms with van der Waals surface area (Å²) in [6.45, 7) is 0.322. The van der Waals surface area contributed by atoms with Crippen molar-refractivity contribution in [1.82, 2.24) is 9.80 Å². The van der Waals surface area contributed by atoms with Gasteiger partial charge in [0.05, 0.1) is 0 Å². The predicted octanol–water partition coefficient (Wildman–Crippen LogP) is 6.62. The van der Waals surface area contributed by atoms with E-state index in [0.29, 0.717) is 39.0 Å². The minimum Gasteiger partial charge on any atom is -0.353 e. The largest absolute Gasteiger partial charge is 0.415 e. The van der Waals surface area contributed by atoms with E-state index in [1.54, 1.807) is 9.80 Å². The molecule has 0 saturated carbocycles. The number of piperidine rings is 2. The number of hydrogen-bond acceptors (Lipinski definition) is 3. The van der Waals surface area contributed by atoms with Gasteiger partial charge in [0, 0.05) is 26.2 Å². The molecule has 2 aliphatic rings. The molecule has 0 spiro atoms. The Bertz CT molecular complexity index is 875. The second-order valence-corrected chi connectivity index (χ2v) is 10.2. The van der Waals surface area contributed by atoms with Crippen LogP contribution >= 0.6 is 0 Å². The van der Waals surface area contributed by atoms with E-state index in [4.69, 9.17) is 4.74 Å². The molecule has 2 aromatic rings. The van der Waals surface area contributed by atoms with Crippen LogP contribution in [0.3, 0.4) is 0 Å². The predicted molar refractivity (Wildman–Crippen MR) is 130 cm³/mol. The lowest BCUT2D eigenvalue weighted by molar-refractivity contribution is -0.290. The van der Waals surface area contributed by atoms with Crippen molar-refractivity contribution in [2.45, 2.75) is 62.1 Å². The average Bonchev–Trinajstić information content (AvgIpc) is 2.88. The standard InChI is InChI=1S/C28H34F6N2O/c29-27(30,31)25(19-35-15-7-13-23(17-35)21-9-3-1-4-10-21)37-26(28(32,33)34)20-36-16-8-14-24(18-36)22-11-5-2-6-12-22/h1-6,9-12,23-26H,7-8,13-20H2/t23-,24-,25-,26-/m0/s1. The molecule has 204 valence electrons. The maximum absolute atomic E-state index is 14.0. The van der Waals surface area contributed by atoms with Gasteiger partial charge in [-0.1, -0.05) is 60.7 Å². The number of rotatable bonds is 8.